The van der Waals surface area contributed by atoms with Crippen molar-refractivity contribution in [3.63, 3.8) is 0 Å². The lowest BCUT2D eigenvalue weighted by molar-refractivity contribution is -0.136. The van der Waals surface area contributed by atoms with Crippen molar-refractivity contribution in [1.29, 1.82) is 0 Å². The van der Waals surface area contributed by atoms with Crippen LogP contribution >= 0.6 is 0 Å². The molecule has 0 bridgehead atoms. The zero-order chi connectivity index (χ0) is 26.5. The van der Waals surface area contributed by atoms with Crippen molar-refractivity contribution in [3.8, 4) is 0 Å². The van der Waals surface area contributed by atoms with Crippen LogP contribution in [0.1, 0.15) is 62.4 Å². The fourth-order valence-electron chi connectivity index (χ4n) is 5.73. The van der Waals surface area contributed by atoms with E-state index < -0.39 is 6.04 Å². The van der Waals surface area contributed by atoms with Crippen molar-refractivity contribution < 1.29 is 23.9 Å². The molecule has 0 aromatic heterocycles. The molecule has 1 N–H and O–H groups in total. The highest BCUT2D eigenvalue weighted by molar-refractivity contribution is 6.05. The monoisotopic (exact) mass is 513 g/mol. The molecular formula is C27H39N5O5. The van der Waals surface area contributed by atoms with Crippen molar-refractivity contribution in [1.82, 2.24) is 20.0 Å². The van der Waals surface area contributed by atoms with Gasteiger partial charge in [-0.1, -0.05) is 13.8 Å². The van der Waals surface area contributed by atoms with Crippen LogP contribution in [-0.4, -0.2) is 96.5 Å². The highest BCUT2D eigenvalue weighted by Gasteiger charge is 2.39. The normalized spacial score (nSPS) is 22.8. The zero-order valence-electron chi connectivity index (χ0n) is 22.2. The highest BCUT2D eigenvalue weighted by atomic mass is 16.6. The van der Waals surface area contributed by atoms with Gasteiger partial charge in [-0.2, -0.15) is 0 Å². The quantitative estimate of drug-likeness (QED) is 0.616. The average Bonchev–Trinajstić information content (AvgIpc) is 3.25. The van der Waals surface area contributed by atoms with Crippen LogP contribution in [-0.2, 0) is 20.9 Å². The Balaban J connectivity index is 0.00000156. The van der Waals surface area contributed by atoms with Crippen LogP contribution in [0, 0.1) is 0 Å². The van der Waals surface area contributed by atoms with E-state index in [0.717, 1.165) is 63.4 Å². The maximum atomic E-state index is 12.9. The van der Waals surface area contributed by atoms with E-state index in [9.17, 15) is 19.2 Å². The van der Waals surface area contributed by atoms with Crippen LogP contribution in [0.4, 0.5) is 10.5 Å². The van der Waals surface area contributed by atoms with Crippen molar-refractivity contribution in [2.24, 2.45) is 0 Å². The zero-order valence-corrected chi connectivity index (χ0v) is 22.2. The number of benzene rings is 1. The molecule has 4 aliphatic heterocycles. The first-order valence-electron chi connectivity index (χ1n) is 13.6. The minimum absolute atomic E-state index is 0.139. The molecule has 202 valence electrons. The van der Waals surface area contributed by atoms with Crippen LogP contribution in [0.15, 0.2) is 18.2 Å². The summed E-state index contributed by atoms with van der Waals surface area (Å²) in [6, 6.07) is 5.85. The van der Waals surface area contributed by atoms with E-state index in [2.05, 4.69) is 21.2 Å². The Hall–Kier alpha value is -3.14. The maximum Gasteiger partial charge on any atom is 0.409 e. The smallest absolute Gasteiger partial charge is 0.409 e. The number of amides is 4. The molecule has 0 aliphatic carbocycles. The minimum Gasteiger partial charge on any atom is -0.450 e. The van der Waals surface area contributed by atoms with Crippen LogP contribution in [0.2, 0.25) is 0 Å². The van der Waals surface area contributed by atoms with Gasteiger partial charge >= 0.3 is 6.09 Å². The summed E-state index contributed by atoms with van der Waals surface area (Å²) < 4.78 is 5.12. The Kier molecular flexibility index (Phi) is 8.68. The van der Waals surface area contributed by atoms with Gasteiger partial charge in [0.2, 0.25) is 11.8 Å². The average molecular weight is 514 g/mol. The molecule has 1 aromatic rings. The first kappa shape index (κ1) is 26.9. The summed E-state index contributed by atoms with van der Waals surface area (Å²) >= 11 is 0. The lowest BCUT2D eigenvalue weighted by atomic mass is 10.0. The lowest BCUT2D eigenvalue weighted by Gasteiger charge is -2.43. The number of nitrogens with zero attached hydrogens (tertiary/aromatic N) is 4. The number of carbonyl (C=O) groups is 4. The number of nitrogens with one attached hydrogen (secondary N) is 1. The second-order valence-electron chi connectivity index (χ2n) is 9.68. The summed E-state index contributed by atoms with van der Waals surface area (Å²) in [6.07, 6.45) is 2.36. The molecule has 10 nitrogen and oxygen atoms in total. The third kappa shape index (κ3) is 5.74. The Bertz CT molecular complexity index is 1010. The van der Waals surface area contributed by atoms with Crippen molar-refractivity contribution >= 4 is 29.5 Å². The van der Waals surface area contributed by atoms with Crippen molar-refractivity contribution in [2.45, 2.75) is 65.1 Å². The molecule has 4 heterocycles. The van der Waals surface area contributed by atoms with Gasteiger partial charge in [-0.25, -0.2) is 4.79 Å². The standard InChI is InChI=1S/C25H33N5O5.C2H6/c1-2-35-25(34)29-9-7-18(8-10-29)27-11-13-28(14-12-27)19-3-4-20-17(15-19)16-30(24(20)33)21-5-6-22(31)26-23(21)32;1-2/h3-4,15,18,21H,2,5-14,16H2,1H3,(H,26,31,32);1-2H3. The molecule has 0 spiro atoms. The molecule has 4 aliphatic rings. The predicted octanol–water partition coefficient (Wildman–Crippen LogP) is 2.22. The number of likely N-dealkylation sites (tertiary alicyclic amines) is 1. The minimum atomic E-state index is -0.588. The summed E-state index contributed by atoms with van der Waals surface area (Å²) in [4.78, 5) is 56.9. The van der Waals surface area contributed by atoms with Gasteiger partial charge in [-0.05, 0) is 49.9 Å². The highest BCUT2D eigenvalue weighted by Crippen LogP contribution is 2.31. The summed E-state index contributed by atoms with van der Waals surface area (Å²) in [5.74, 6) is -0.798. The van der Waals surface area contributed by atoms with Gasteiger partial charge < -0.3 is 19.4 Å². The first-order chi connectivity index (χ1) is 17.9. The molecule has 1 unspecified atom stereocenters. The number of rotatable bonds is 4. The number of hydrogen-bond acceptors (Lipinski definition) is 7. The van der Waals surface area contributed by atoms with Crippen LogP contribution in [0.3, 0.4) is 0 Å². The molecular weight excluding hydrogens is 474 g/mol. The number of imide groups is 1. The van der Waals surface area contributed by atoms with Gasteiger partial charge in [0.05, 0.1) is 6.61 Å². The molecule has 0 radical (unpaired) electrons. The number of carbonyl (C=O) groups excluding carboxylic acids is 4. The summed E-state index contributed by atoms with van der Waals surface area (Å²) in [5, 5.41) is 2.35. The number of hydrogen-bond donors (Lipinski definition) is 1. The molecule has 3 saturated heterocycles. The number of ether oxygens (including phenoxy) is 1. The van der Waals surface area contributed by atoms with Crippen molar-refractivity contribution in [3.05, 3.63) is 29.3 Å². The maximum absolute atomic E-state index is 12.9. The van der Waals surface area contributed by atoms with Gasteiger partial charge in [-0.3, -0.25) is 24.6 Å². The van der Waals surface area contributed by atoms with E-state index in [4.69, 9.17) is 4.74 Å². The Morgan fingerprint density at radius 3 is 2.35 bits per heavy atom. The van der Waals surface area contributed by atoms with E-state index in [1.54, 1.807) is 9.80 Å². The Labute approximate surface area is 218 Å². The van der Waals surface area contributed by atoms with Crippen molar-refractivity contribution in [2.75, 3.05) is 50.8 Å². The van der Waals surface area contributed by atoms with Crippen LogP contribution in [0.25, 0.3) is 0 Å². The van der Waals surface area contributed by atoms with E-state index in [1.165, 1.54) is 0 Å². The number of piperidine rings is 2. The van der Waals surface area contributed by atoms with E-state index >= 15 is 0 Å². The number of piperazine rings is 1. The molecule has 37 heavy (non-hydrogen) atoms. The van der Waals surface area contributed by atoms with E-state index in [0.29, 0.717) is 31.2 Å². The number of anilines is 1. The molecule has 0 saturated carbocycles. The summed E-state index contributed by atoms with van der Waals surface area (Å²) in [7, 11) is 0. The van der Waals surface area contributed by atoms with Gasteiger partial charge in [0.25, 0.3) is 5.91 Å². The summed E-state index contributed by atoms with van der Waals surface area (Å²) in [6.45, 7) is 11.9. The molecule has 10 heteroatoms. The molecule has 1 atom stereocenters. The van der Waals surface area contributed by atoms with Gasteiger partial charge in [0.1, 0.15) is 6.04 Å². The topological polar surface area (TPSA) is 102 Å². The molecule has 1 aromatic carbocycles. The second-order valence-corrected chi connectivity index (χ2v) is 9.68. The predicted molar refractivity (Wildman–Crippen MR) is 139 cm³/mol. The Morgan fingerprint density at radius 2 is 1.70 bits per heavy atom. The molecule has 5 rings (SSSR count). The summed E-state index contributed by atoms with van der Waals surface area (Å²) in [5.41, 5.74) is 2.68. The largest absolute Gasteiger partial charge is 0.450 e. The fraction of sp³-hybridized carbons (Fsp3) is 0.630. The SMILES string of the molecule is CC.CCOC(=O)N1CCC(N2CCN(c3ccc4c(c3)CN(C3CCC(=O)NC3=O)C4=O)CC2)CC1. The van der Waals surface area contributed by atoms with Crippen LogP contribution in [0.5, 0.6) is 0 Å². The molecule has 3 fully saturated rings. The Morgan fingerprint density at radius 1 is 1.00 bits per heavy atom. The first-order valence-corrected chi connectivity index (χ1v) is 13.6. The number of fused-ring (bicyclic) bond motifs is 1. The second kappa shape index (κ2) is 11.9. The lowest BCUT2D eigenvalue weighted by Crippen LogP contribution is -2.53. The fourth-order valence-corrected chi connectivity index (χ4v) is 5.73. The van der Waals surface area contributed by atoms with E-state index in [1.807, 2.05) is 32.9 Å². The third-order valence-corrected chi connectivity index (χ3v) is 7.69. The van der Waals surface area contributed by atoms with Crippen LogP contribution < -0.4 is 10.2 Å². The van der Waals surface area contributed by atoms with E-state index in [-0.39, 0.29) is 30.2 Å². The third-order valence-electron chi connectivity index (χ3n) is 7.69. The van der Waals surface area contributed by atoms with Gasteiger partial charge in [-0.15, -0.1) is 0 Å². The van der Waals surface area contributed by atoms with Gasteiger partial charge in [0, 0.05) is 69.5 Å². The van der Waals surface area contributed by atoms with Gasteiger partial charge in [0.15, 0.2) is 0 Å². The molecule has 4 amide bonds.